The van der Waals surface area contributed by atoms with E-state index >= 15 is 0 Å². The van der Waals surface area contributed by atoms with Crippen molar-refractivity contribution in [1.29, 1.82) is 0 Å². The van der Waals surface area contributed by atoms with Gasteiger partial charge in [-0.3, -0.25) is 9.59 Å². The van der Waals surface area contributed by atoms with Crippen molar-refractivity contribution in [2.75, 3.05) is 0 Å². The number of rotatable bonds is 13. The molecule has 0 aliphatic heterocycles. The van der Waals surface area contributed by atoms with Gasteiger partial charge in [0.1, 0.15) is 11.6 Å². The zero-order valence-electron chi connectivity index (χ0n) is 32.0. The number of aliphatic hydroxyl groups excluding tert-OH is 2. The summed E-state index contributed by atoms with van der Waals surface area (Å²) in [4.78, 5) is 24.9. The Morgan fingerprint density at radius 1 is 0.767 bits per heavy atom. The summed E-state index contributed by atoms with van der Waals surface area (Å²) in [5.41, 5.74) is 3.26. The maximum absolute atomic E-state index is 14.0. The lowest BCUT2D eigenvalue weighted by Gasteiger charge is -2.14. The number of alkyl halides is 3. The molecule has 6 aromatic rings. The molecule has 17 heteroatoms. The number of carbonyl (C=O) groups is 2. The lowest BCUT2D eigenvalue weighted by atomic mass is 9.98. The van der Waals surface area contributed by atoms with E-state index in [1.54, 1.807) is 31.2 Å². The van der Waals surface area contributed by atoms with Crippen LogP contribution >= 0.6 is 23.2 Å². The van der Waals surface area contributed by atoms with E-state index in [-0.39, 0.29) is 42.3 Å². The quantitative estimate of drug-likeness (QED) is 0.0861. The van der Waals surface area contributed by atoms with Crippen molar-refractivity contribution in [2.45, 2.75) is 70.5 Å². The second-order valence-electron chi connectivity index (χ2n) is 14.1. The SMILES string of the molecule is CC(C(=O)NCc1cc(C2CC2)nn1-c1cccc(Cl)c1)c1ccc(CO)c(F)c1.O=C(Cc1ccc(CO)c(F)c1)NCc1cc(C(F)(F)F)nn1-c1cccc(Cl)c1. The molecule has 1 aliphatic rings. The first kappa shape index (κ1) is 44.0. The molecule has 0 saturated heterocycles. The molecule has 0 bridgehead atoms. The van der Waals surface area contributed by atoms with Gasteiger partial charge in [0.15, 0.2) is 5.69 Å². The number of hydrogen-bond donors (Lipinski definition) is 4. The topological polar surface area (TPSA) is 134 Å². The Kier molecular flexibility index (Phi) is 14.1. The smallest absolute Gasteiger partial charge is 0.392 e. The number of hydrogen-bond acceptors (Lipinski definition) is 6. The number of aliphatic hydroxyl groups is 2. The predicted octanol–water partition coefficient (Wildman–Crippen LogP) is 8.49. The fraction of sp³-hybridized carbons (Fsp3) is 0.256. The van der Waals surface area contributed by atoms with Crippen molar-refractivity contribution in [1.82, 2.24) is 30.2 Å². The van der Waals surface area contributed by atoms with Gasteiger partial charge in [0.05, 0.1) is 67.1 Å². The fourth-order valence-electron chi connectivity index (χ4n) is 6.20. The summed E-state index contributed by atoms with van der Waals surface area (Å²) in [5, 5.41) is 32.8. The molecule has 0 radical (unpaired) electrons. The van der Waals surface area contributed by atoms with Crippen LogP contribution in [0.2, 0.25) is 10.0 Å². The molecule has 4 N–H and O–H groups in total. The van der Waals surface area contributed by atoms with Gasteiger partial charge in [-0.05, 0) is 91.6 Å². The molecule has 7 rings (SSSR count). The highest BCUT2D eigenvalue weighted by Gasteiger charge is 2.35. The minimum Gasteiger partial charge on any atom is -0.392 e. The summed E-state index contributed by atoms with van der Waals surface area (Å²) in [6, 6.07) is 24.9. The van der Waals surface area contributed by atoms with Gasteiger partial charge in [0.25, 0.3) is 0 Å². The number of benzene rings is 4. The molecule has 314 valence electrons. The van der Waals surface area contributed by atoms with Crippen molar-refractivity contribution in [3.8, 4) is 11.4 Å². The molecule has 2 amide bonds. The van der Waals surface area contributed by atoms with Crippen molar-refractivity contribution < 1.29 is 41.8 Å². The van der Waals surface area contributed by atoms with Gasteiger partial charge in [-0.2, -0.15) is 23.4 Å². The van der Waals surface area contributed by atoms with Crippen molar-refractivity contribution in [3.63, 3.8) is 0 Å². The third-order valence-electron chi connectivity index (χ3n) is 9.68. The first-order valence-electron chi connectivity index (χ1n) is 18.7. The van der Waals surface area contributed by atoms with Crippen LogP contribution in [0.15, 0.2) is 97.1 Å². The van der Waals surface area contributed by atoms with E-state index in [4.69, 9.17) is 38.5 Å². The van der Waals surface area contributed by atoms with Gasteiger partial charge in [-0.1, -0.05) is 59.6 Å². The first-order chi connectivity index (χ1) is 28.6. The van der Waals surface area contributed by atoms with E-state index in [9.17, 15) is 31.5 Å². The van der Waals surface area contributed by atoms with E-state index < -0.39 is 41.9 Å². The maximum atomic E-state index is 14.0. The zero-order valence-corrected chi connectivity index (χ0v) is 33.5. The summed E-state index contributed by atoms with van der Waals surface area (Å²) >= 11 is 12.1. The van der Waals surface area contributed by atoms with Gasteiger partial charge in [0.2, 0.25) is 11.8 Å². The zero-order chi connectivity index (χ0) is 43.1. The van der Waals surface area contributed by atoms with Crippen LogP contribution in [0.25, 0.3) is 11.4 Å². The molecule has 2 heterocycles. The predicted molar refractivity (Wildman–Crippen MR) is 215 cm³/mol. The minimum absolute atomic E-state index is 0.0970. The van der Waals surface area contributed by atoms with Crippen molar-refractivity contribution >= 4 is 35.0 Å². The third-order valence-corrected chi connectivity index (χ3v) is 10.2. The Morgan fingerprint density at radius 3 is 1.88 bits per heavy atom. The first-order valence-corrected chi connectivity index (χ1v) is 19.5. The molecule has 1 unspecified atom stereocenters. The molecule has 10 nitrogen and oxygen atoms in total. The van der Waals surface area contributed by atoms with Crippen LogP contribution in [-0.4, -0.2) is 41.6 Å². The van der Waals surface area contributed by atoms with Crippen LogP contribution in [0.1, 0.15) is 76.6 Å². The number of amides is 2. The Balaban J connectivity index is 0.000000201. The fourth-order valence-corrected chi connectivity index (χ4v) is 6.57. The summed E-state index contributed by atoms with van der Waals surface area (Å²) in [6.45, 7) is 0.960. The van der Waals surface area contributed by atoms with Gasteiger partial charge >= 0.3 is 6.18 Å². The van der Waals surface area contributed by atoms with Gasteiger partial charge in [-0.25, -0.2) is 18.1 Å². The standard InChI is InChI=1S/C23H23ClFN3O2.C20H16ClF4N3O2/c1-14(16-7-8-17(13-29)21(25)9-16)23(30)26-12-20-11-22(15-5-6-15)27-28(20)19-4-2-3-18(24)10-19;21-14-2-1-3-15(8-14)28-16(9-18(27-28)20(23,24)25)10-26-19(30)7-12-4-5-13(11-29)17(22)6-12/h2-4,7-11,14-15,29H,5-6,12-13H2,1H3,(H,26,30);1-6,8-9,29H,7,10-11H2,(H,26,30). The highest BCUT2D eigenvalue weighted by atomic mass is 35.5. The van der Waals surface area contributed by atoms with E-state index in [1.165, 1.54) is 36.4 Å². The van der Waals surface area contributed by atoms with Crippen molar-refractivity contribution in [2.24, 2.45) is 0 Å². The molecular weight excluding hydrogens is 830 g/mol. The van der Waals surface area contributed by atoms with E-state index in [0.717, 1.165) is 46.7 Å². The van der Waals surface area contributed by atoms with Crippen LogP contribution in [-0.2, 0) is 48.5 Å². The highest BCUT2D eigenvalue weighted by molar-refractivity contribution is 6.31. The Bertz CT molecular complexity index is 2490. The monoisotopic (exact) mass is 868 g/mol. The summed E-state index contributed by atoms with van der Waals surface area (Å²) < 4.78 is 69.9. The average molecular weight is 870 g/mol. The van der Waals surface area contributed by atoms with Crippen LogP contribution in [0.3, 0.4) is 0 Å². The largest absolute Gasteiger partial charge is 0.435 e. The molecule has 1 saturated carbocycles. The maximum Gasteiger partial charge on any atom is 0.435 e. The highest BCUT2D eigenvalue weighted by Crippen LogP contribution is 2.40. The van der Waals surface area contributed by atoms with Crippen LogP contribution < -0.4 is 10.6 Å². The van der Waals surface area contributed by atoms with E-state index in [0.29, 0.717) is 39.3 Å². The van der Waals surface area contributed by atoms with Gasteiger partial charge < -0.3 is 20.8 Å². The number of carbonyl (C=O) groups excluding carboxylic acids is 2. The second-order valence-corrected chi connectivity index (χ2v) is 15.0. The van der Waals surface area contributed by atoms with Gasteiger partial charge in [0, 0.05) is 27.1 Å². The van der Waals surface area contributed by atoms with Crippen molar-refractivity contribution in [3.05, 3.63) is 164 Å². The number of nitrogens with one attached hydrogen (secondary N) is 2. The van der Waals surface area contributed by atoms with Gasteiger partial charge in [-0.15, -0.1) is 0 Å². The summed E-state index contributed by atoms with van der Waals surface area (Å²) in [5.74, 6) is -1.93. The lowest BCUT2D eigenvalue weighted by molar-refractivity contribution is -0.141. The molecule has 1 atom stereocenters. The normalized spacial score (nSPS) is 13.0. The second kappa shape index (κ2) is 19.2. The molecular formula is C43H39Cl2F5N6O4. The molecule has 0 spiro atoms. The van der Waals surface area contributed by atoms with Crippen LogP contribution in [0.4, 0.5) is 22.0 Å². The number of nitrogens with zero attached hydrogens (tertiary/aromatic N) is 4. The molecule has 60 heavy (non-hydrogen) atoms. The molecule has 1 fully saturated rings. The Morgan fingerprint density at radius 2 is 1.33 bits per heavy atom. The molecule has 1 aliphatic carbocycles. The van der Waals surface area contributed by atoms with E-state index in [2.05, 4.69) is 15.7 Å². The average Bonchev–Trinajstić information content (AvgIpc) is 3.82. The number of halogens is 7. The molecule has 4 aromatic carbocycles. The Labute approximate surface area is 351 Å². The van der Waals surface area contributed by atoms with Crippen LogP contribution in [0.5, 0.6) is 0 Å². The Hall–Kier alpha value is -5.61. The third kappa shape index (κ3) is 11.2. The van der Waals surface area contributed by atoms with Crippen LogP contribution in [0, 0.1) is 11.6 Å². The lowest BCUT2D eigenvalue weighted by Crippen LogP contribution is -2.28. The molecule has 2 aromatic heterocycles. The van der Waals surface area contributed by atoms with E-state index in [1.807, 2.05) is 28.9 Å². The summed E-state index contributed by atoms with van der Waals surface area (Å²) in [6.07, 6.45) is -2.58. The minimum atomic E-state index is -4.66. The summed E-state index contributed by atoms with van der Waals surface area (Å²) in [7, 11) is 0. The number of aromatic nitrogens is 4.